The van der Waals surface area contributed by atoms with Crippen LogP contribution in [0.4, 0.5) is 0 Å². The van der Waals surface area contributed by atoms with Crippen LogP contribution in [0.25, 0.3) is 11.1 Å². The lowest BCUT2D eigenvalue weighted by Crippen LogP contribution is -2.20. The molecular weight excluding hydrogens is 507 g/mol. The molecule has 0 bridgehead atoms. The molecule has 0 amide bonds. The van der Waals surface area contributed by atoms with Crippen LogP contribution < -0.4 is 0 Å². The molecule has 2 aromatic rings. The van der Waals surface area contributed by atoms with E-state index < -0.39 is 31.1 Å². The van der Waals surface area contributed by atoms with Gasteiger partial charge in [-0.15, -0.1) is 0 Å². The Morgan fingerprint density at radius 1 is 0.758 bits per heavy atom. The van der Waals surface area contributed by atoms with Gasteiger partial charge in [0.25, 0.3) is 20.2 Å². The Morgan fingerprint density at radius 2 is 1.24 bits per heavy atom. The minimum absolute atomic E-state index is 0.0683. The second-order valence-electron chi connectivity index (χ2n) is 10.2. The minimum atomic E-state index is -4.29. The van der Waals surface area contributed by atoms with Crippen LogP contribution in [0.1, 0.15) is 47.1 Å². The van der Waals surface area contributed by atoms with Gasteiger partial charge in [0.2, 0.25) is 0 Å². The molecule has 6 nitrogen and oxygen atoms in total. The van der Waals surface area contributed by atoms with Crippen molar-refractivity contribution in [3.05, 3.63) is 45.9 Å². The fraction of sp³-hybridized carbons (Fsp3) is 0.478. The van der Waals surface area contributed by atoms with E-state index in [-0.39, 0.29) is 49.7 Å². The van der Waals surface area contributed by atoms with E-state index in [1.165, 1.54) is 30.3 Å². The molecule has 0 unspecified atom stereocenters. The van der Waals surface area contributed by atoms with E-state index in [1.54, 1.807) is 6.92 Å². The molecule has 0 saturated heterocycles. The van der Waals surface area contributed by atoms with Crippen LogP contribution in [0, 0.1) is 17.8 Å². The van der Waals surface area contributed by atoms with Crippen LogP contribution in [0.5, 0.6) is 0 Å². The number of benzene rings is 2. The van der Waals surface area contributed by atoms with Crippen molar-refractivity contribution in [2.24, 2.45) is 10.8 Å². The number of halogens is 2. The molecule has 33 heavy (non-hydrogen) atoms. The molecule has 0 aromatic heterocycles. The van der Waals surface area contributed by atoms with E-state index in [1.807, 2.05) is 41.5 Å². The van der Waals surface area contributed by atoms with Gasteiger partial charge >= 0.3 is 0 Å². The summed E-state index contributed by atoms with van der Waals surface area (Å²) in [5, 5.41) is 0.370. The van der Waals surface area contributed by atoms with Gasteiger partial charge in [0.05, 0.1) is 13.2 Å². The molecule has 2 rings (SSSR count). The lowest BCUT2D eigenvalue weighted by Gasteiger charge is -2.21. The molecule has 0 radical (unpaired) electrons. The summed E-state index contributed by atoms with van der Waals surface area (Å²) < 4.78 is 63.3. The lowest BCUT2D eigenvalue weighted by atomic mass is 9.99. The Hall–Kier alpha value is -1.16. The lowest BCUT2D eigenvalue weighted by molar-refractivity contribution is 0.203. The highest BCUT2D eigenvalue weighted by Gasteiger charge is 2.30. The molecule has 2 aromatic carbocycles. The first-order valence-electron chi connectivity index (χ1n) is 10.2. The fourth-order valence-electron chi connectivity index (χ4n) is 2.76. The zero-order valence-corrected chi connectivity index (χ0v) is 23.0. The normalized spacial score (nSPS) is 13.4. The van der Waals surface area contributed by atoms with E-state index in [2.05, 4.69) is 0 Å². The first kappa shape index (κ1) is 28.1. The van der Waals surface area contributed by atoms with Gasteiger partial charge in [-0.2, -0.15) is 16.8 Å². The van der Waals surface area contributed by atoms with Crippen LogP contribution in [-0.4, -0.2) is 30.0 Å². The van der Waals surface area contributed by atoms with Gasteiger partial charge in [-0.25, -0.2) is 0 Å². The summed E-state index contributed by atoms with van der Waals surface area (Å²) in [6.07, 6.45) is 0. The molecule has 0 spiro atoms. The fourth-order valence-corrected chi connectivity index (χ4v) is 6.12. The molecule has 10 heteroatoms. The zero-order valence-electron chi connectivity index (χ0n) is 19.8. The Balaban J connectivity index is 2.76. The summed E-state index contributed by atoms with van der Waals surface area (Å²) in [4.78, 5) is -0.443. The van der Waals surface area contributed by atoms with Gasteiger partial charge in [0.1, 0.15) is 9.79 Å². The standard InChI is InChI=1S/C23H30Cl2O6S2/c1-15-19(25)11-10-18(21(15)33(28,29)31-14-23(5,6)7)17-9-8-16(24)12-20(17)32(26,27)30-13-22(2,3)4/h8-12H,13-14H2,1-7H3. The maximum absolute atomic E-state index is 13.2. The third-order valence-corrected chi connectivity index (χ3v) is 7.79. The predicted octanol–water partition coefficient (Wildman–Crippen LogP) is 6.47. The minimum Gasteiger partial charge on any atom is -0.266 e. The highest BCUT2D eigenvalue weighted by molar-refractivity contribution is 7.87. The average molecular weight is 538 g/mol. The van der Waals surface area contributed by atoms with Gasteiger partial charge in [-0.1, -0.05) is 76.9 Å². The van der Waals surface area contributed by atoms with E-state index in [9.17, 15) is 16.8 Å². The zero-order chi connectivity index (χ0) is 25.4. The first-order chi connectivity index (χ1) is 14.8. The topological polar surface area (TPSA) is 86.7 Å². The number of rotatable bonds is 7. The molecule has 0 fully saturated rings. The van der Waals surface area contributed by atoms with Crippen molar-refractivity contribution in [1.82, 2.24) is 0 Å². The molecule has 184 valence electrons. The summed E-state index contributed by atoms with van der Waals surface area (Å²) in [7, 11) is -8.56. The third-order valence-electron chi connectivity index (χ3n) is 4.39. The van der Waals surface area contributed by atoms with Gasteiger partial charge in [0.15, 0.2) is 0 Å². The smallest absolute Gasteiger partial charge is 0.266 e. The highest BCUT2D eigenvalue weighted by Crippen LogP contribution is 2.39. The maximum atomic E-state index is 13.2. The first-order valence-corrected chi connectivity index (χ1v) is 13.8. The predicted molar refractivity (Wildman–Crippen MR) is 132 cm³/mol. The summed E-state index contributed by atoms with van der Waals surface area (Å²) in [5.41, 5.74) is -0.351. The molecular formula is C23H30Cl2O6S2. The van der Waals surface area contributed by atoms with Crippen LogP contribution in [0.3, 0.4) is 0 Å². The van der Waals surface area contributed by atoms with E-state index in [0.29, 0.717) is 0 Å². The number of hydrogen-bond donors (Lipinski definition) is 0. The second-order valence-corrected chi connectivity index (χ2v) is 14.2. The van der Waals surface area contributed by atoms with Crippen LogP contribution in [0.15, 0.2) is 40.1 Å². The third kappa shape index (κ3) is 7.41. The monoisotopic (exact) mass is 536 g/mol. The van der Waals surface area contributed by atoms with Gasteiger partial charge in [0, 0.05) is 21.2 Å². The Labute approximate surface area is 207 Å². The average Bonchev–Trinajstić information content (AvgIpc) is 2.66. The highest BCUT2D eigenvalue weighted by atomic mass is 35.5. The molecule has 0 atom stereocenters. The molecule has 0 heterocycles. The summed E-state index contributed by atoms with van der Waals surface area (Å²) in [6.45, 7) is 12.4. The van der Waals surface area contributed by atoms with Crippen molar-refractivity contribution in [2.75, 3.05) is 13.2 Å². The van der Waals surface area contributed by atoms with Gasteiger partial charge < -0.3 is 0 Å². The number of hydrogen-bond acceptors (Lipinski definition) is 6. The van der Waals surface area contributed by atoms with Crippen LogP contribution in [-0.2, 0) is 28.6 Å². The van der Waals surface area contributed by atoms with E-state index >= 15 is 0 Å². The van der Waals surface area contributed by atoms with E-state index in [0.717, 1.165) is 0 Å². The van der Waals surface area contributed by atoms with Crippen molar-refractivity contribution < 1.29 is 25.2 Å². The summed E-state index contributed by atoms with van der Waals surface area (Å²) in [5.74, 6) is 0. The Morgan fingerprint density at radius 3 is 1.76 bits per heavy atom. The summed E-state index contributed by atoms with van der Waals surface area (Å²) >= 11 is 12.3. The van der Waals surface area contributed by atoms with Gasteiger partial charge in [-0.05, 0) is 41.5 Å². The Kier molecular flexibility index (Phi) is 8.37. The van der Waals surface area contributed by atoms with Crippen molar-refractivity contribution in [1.29, 1.82) is 0 Å². The van der Waals surface area contributed by atoms with Crippen molar-refractivity contribution in [2.45, 2.75) is 58.3 Å². The molecule has 0 N–H and O–H groups in total. The van der Waals surface area contributed by atoms with Crippen LogP contribution in [0.2, 0.25) is 10.0 Å². The second kappa shape index (κ2) is 9.84. The quantitative estimate of drug-likeness (QED) is 0.376. The summed E-state index contributed by atoms with van der Waals surface area (Å²) in [6, 6.07) is 7.13. The van der Waals surface area contributed by atoms with Crippen LogP contribution >= 0.6 is 23.2 Å². The van der Waals surface area contributed by atoms with Crippen molar-refractivity contribution in [3.8, 4) is 11.1 Å². The van der Waals surface area contributed by atoms with E-state index in [4.69, 9.17) is 31.6 Å². The Bertz CT molecular complexity index is 1240. The SMILES string of the molecule is Cc1c(Cl)ccc(-c2ccc(Cl)cc2S(=O)(=O)OCC(C)(C)C)c1S(=O)(=O)OCC(C)(C)C. The molecule has 0 aliphatic rings. The van der Waals surface area contributed by atoms with Crippen molar-refractivity contribution >= 4 is 43.4 Å². The largest absolute Gasteiger partial charge is 0.297 e. The molecule has 0 aliphatic carbocycles. The van der Waals surface area contributed by atoms with Gasteiger partial charge in [-0.3, -0.25) is 8.37 Å². The maximum Gasteiger partial charge on any atom is 0.297 e. The van der Waals surface area contributed by atoms with Crippen molar-refractivity contribution in [3.63, 3.8) is 0 Å². The molecule has 0 saturated carbocycles. The molecule has 0 aliphatic heterocycles.